The smallest absolute Gasteiger partial charge is 0.434 e. The average molecular weight is 507 g/mol. The maximum absolute atomic E-state index is 13.3. The van der Waals surface area contributed by atoms with Gasteiger partial charge in [0.25, 0.3) is 0 Å². The monoisotopic (exact) mass is 506 g/mol. The van der Waals surface area contributed by atoms with E-state index in [-0.39, 0.29) is 11.3 Å². The van der Waals surface area contributed by atoms with Crippen molar-refractivity contribution < 1.29 is 23.0 Å². The third-order valence-corrected chi connectivity index (χ3v) is 6.20. The predicted octanol–water partition coefficient (Wildman–Crippen LogP) is 7.23. The molecule has 0 aliphatic heterocycles. The van der Waals surface area contributed by atoms with Gasteiger partial charge in [-0.3, -0.25) is 9.97 Å². The number of aliphatic hydroxyl groups is 1. The summed E-state index contributed by atoms with van der Waals surface area (Å²) in [6, 6.07) is 13.9. The van der Waals surface area contributed by atoms with Gasteiger partial charge in [-0.1, -0.05) is 0 Å². The minimum Gasteiger partial charge on any atom is -0.512 e. The van der Waals surface area contributed by atoms with Crippen LogP contribution in [0.5, 0.6) is 5.75 Å². The van der Waals surface area contributed by atoms with E-state index in [9.17, 15) is 18.3 Å². The fourth-order valence-corrected chi connectivity index (χ4v) is 3.99. The zero-order chi connectivity index (χ0) is 26.2. The van der Waals surface area contributed by atoms with Crippen LogP contribution in [0.2, 0.25) is 0 Å². The molecule has 1 fully saturated rings. The van der Waals surface area contributed by atoms with Gasteiger partial charge in [-0.2, -0.15) is 13.2 Å². The van der Waals surface area contributed by atoms with Gasteiger partial charge < -0.3 is 14.8 Å². The lowest BCUT2D eigenvalue weighted by Crippen LogP contribution is -2.24. The molecule has 3 aromatic heterocycles. The molecule has 6 nitrogen and oxygen atoms in total. The highest BCUT2D eigenvalue weighted by molar-refractivity contribution is 5.68. The van der Waals surface area contributed by atoms with Gasteiger partial charge in [-0.25, -0.2) is 4.98 Å². The van der Waals surface area contributed by atoms with Crippen LogP contribution < -0.4 is 4.74 Å². The highest BCUT2D eigenvalue weighted by atomic mass is 19.4. The Morgan fingerprint density at radius 1 is 0.946 bits per heavy atom. The summed E-state index contributed by atoms with van der Waals surface area (Å²) in [7, 11) is 0. The Bertz CT molecular complexity index is 1430. The number of pyridine rings is 2. The van der Waals surface area contributed by atoms with Gasteiger partial charge >= 0.3 is 6.18 Å². The molecule has 0 spiro atoms. The third-order valence-electron chi connectivity index (χ3n) is 6.20. The molecule has 0 atom stereocenters. The summed E-state index contributed by atoms with van der Waals surface area (Å²) >= 11 is 0. The summed E-state index contributed by atoms with van der Waals surface area (Å²) in [5.74, 6) is 1.53. The Balaban J connectivity index is 1.28. The van der Waals surface area contributed by atoms with Crippen LogP contribution >= 0.6 is 0 Å². The highest BCUT2D eigenvalue weighted by Gasteiger charge is 2.36. The number of rotatable bonds is 7. The first-order chi connectivity index (χ1) is 17.6. The number of H-pyrrole nitrogens is 1. The summed E-state index contributed by atoms with van der Waals surface area (Å²) in [6.45, 7) is 4.28. The summed E-state index contributed by atoms with van der Waals surface area (Å²) in [5, 5.41) is 10.3. The van der Waals surface area contributed by atoms with Crippen LogP contribution in [0.3, 0.4) is 0 Å². The molecule has 0 radical (unpaired) electrons. The van der Waals surface area contributed by atoms with E-state index in [1.165, 1.54) is 18.3 Å². The van der Waals surface area contributed by atoms with Crippen LogP contribution in [0.15, 0.2) is 78.5 Å². The molecule has 2 N–H and O–H groups in total. The summed E-state index contributed by atoms with van der Waals surface area (Å²) < 4.78 is 45.9. The fourth-order valence-electron chi connectivity index (χ4n) is 3.99. The van der Waals surface area contributed by atoms with Gasteiger partial charge in [0.2, 0.25) is 0 Å². The Kier molecular flexibility index (Phi) is 6.23. The third kappa shape index (κ3) is 5.35. The second-order valence-corrected chi connectivity index (χ2v) is 9.62. The fraction of sp³-hybridized carbons (Fsp3) is 0.250. The molecule has 190 valence electrons. The number of hydrogen-bond donors (Lipinski definition) is 2. The first-order valence-corrected chi connectivity index (χ1v) is 11.8. The van der Waals surface area contributed by atoms with Crippen LogP contribution in [0.4, 0.5) is 13.2 Å². The quantitative estimate of drug-likeness (QED) is 0.258. The number of halogens is 3. The normalized spacial score (nSPS) is 13.5. The lowest BCUT2D eigenvalue weighted by molar-refractivity contribution is -0.140. The van der Waals surface area contributed by atoms with Crippen molar-refractivity contribution in [2.75, 3.05) is 6.61 Å². The number of nitrogens with one attached hydrogen (secondary N) is 1. The Morgan fingerprint density at radius 3 is 2.32 bits per heavy atom. The van der Waals surface area contributed by atoms with Crippen molar-refractivity contribution in [1.82, 2.24) is 19.9 Å². The van der Waals surface area contributed by atoms with E-state index in [2.05, 4.69) is 19.9 Å². The molecule has 0 bridgehead atoms. The molecule has 4 aromatic rings. The van der Waals surface area contributed by atoms with Gasteiger partial charge in [-0.15, -0.1) is 0 Å². The molecule has 5 rings (SSSR count). The van der Waals surface area contributed by atoms with E-state index in [0.717, 1.165) is 35.9 Å². The molecule has 1 aromatic carbocycles. The zero-order valence-corrected chi connectivity index (χ0v) is 20.3. The first-order valence-electron chi connectivity index (χ1n) is 11.8. The number of aliphatic hydroxyl groups excluding tert-OH is 1. The van der Waals surface area contributed by atoms with Crippen molar-refractivity contribution in [3.63, 3.8) is 0 Å². The summed E-state index contributed by atoms with van der Waals surface area (Å²) in [5.41, 5.74) is 2.09. The molecule has 1 saturated carbocycles. The molecular formula is C28H25F3N4O2. The van der Waals surface area contributed by atoms with Gasteiger partial charge in [0.05, 0.1) is 23.0 Å². The lowest BCUT2D eigenvalue weighted by atomic mass is 9.91. The largest absolute Gasteiger partial charge is 0.512 e. The van der Waals surface area contributed by atoms with Crippen molar-refractivity contribution in [3.05, 3.63) is 84.1 Å². The van der Waals surface area contributed by atoms with E-state index in [1.807, 2.05) is 44.2 Å². The Morgan fingerprint density at radius 2 is 1.68 bits per heavy atom. The van der Waals surface area contributed by atoms with E-state index in [0.29, 0.717) is 29.5 Å². The molecule has 9 heteroatoms. The van der Waals surface area contributed by atoms with E-state index < -0.39 is 17.3 Å². The van der Waals surface area contributed by atoms with E-state index in [1.54, 1.807) is 12.3 Å². The van der Waals surface area contributed by atoms with E-state index >= 15 is 0 Å². The van der Waals surface area contributed by atoms with Gasteiger partial charge in [0.1, 0.15) is 23.9 Å². The number of nitrogens with zero attached hydrogens (tertiary/aromatic N) is 3. The number of benzene rings is 1. The SMILES string of the molecule is CC(C)(COc1ccc(-c2ccc(-c3ncc(-c4cccnc4C(F)(F)F)[nH]3)cn2)cc1)C(O)=C1CC1. The second kappa shape index (κ2) is 9.38. The number of imidazole rings is 1. The maximum atomic E-state index is 13.3. The number of allylic oxidation sites excluding steroid dienone is 1. The van der Waals surface area contributed by atoms with Gasteiger partial charge in [0.15, 0.2) is 5.69 Å². The number of alkyl halides is 3. The summed E-state index contributed by atoms with van der Waals surface area (Å²) in [4.78, 5) is 15.2. The van der Waals surface area contributed by atoms with Crippen LogP contribution in [-0.4, -0.2) is 31.6 Å². The molecular weight excluding hydrogens is 481 g/mol. The van der Waals surface area contributed by atoms with Crippen molar-refractivity contribution in [2.24, 2.45) is 5.41 Å². The van der Waals surface area contributed by atoms with Crippen LogP contribution in [-0.2, 0) is 6.18 Å². The van der Waals surface area contributed by atoms with Crippen molar-refractivity contribution in [3.8, 4) is 39.7 Å². The Labute approximate surface area is 211 Å². The average Bonchev–Trinajstić information content (AvgIpc) is 3.63. The van der Waals surface area contributed by atoms with Crippen LogP contribution in [0.25, 0.3) is 33.9 Å². The number of ether oxygens (including phenoxy) is 1. The molecule has 1 aliphatic rings. The number of hydrogen-bond acceptors (Lipinski definition) is 5. The molecule has 0 unspecified atom stereocenters. The molecule has 0 saturated heterocycles. The van der Waals surface area contributed by atoms with E-state index in [4.69, 9.17) is 4.74 Å². The standard InChI is InChI=1S/C28H25F3N4O2/c1-27(2,25(36)18-5-6-18)16-37-20-10-7-17(8-11-20)22-12-9-19(14-33-22)26-34-15-23(35-26)21-4-3-13-32-24(21)28(29,30)31/h3-4,7-15,36H,5-6,16H2,1-2H3,(H,34,35). The first kappa shape index (κ1) is 24.5. The molecule has 1 aliphatic carbocycles. The van der Waals surface area contributed by atoms with Crippen molar-refractivity contribution in [2.45, 2.75) is 32.9 Å². The number of aromatic nitrogens is 4. The summed E-state index contributed by atoms with van der Waals surface area (Å²) in [6.07, 6.45) is 1.44. The minimum atomic E-state index is -4.57. The van der Waals surface area contributed by atoms with Crippen LogP contribution in [0.1, 0.15) is 32.4 Å². The van der Waals surface area contributed by atoms with Gasteiger partial charge in [-0.05, 0) is 80.8 Å². The maximum Gasteiger partial charge on any atom is 0.434 e. The molecule has 0 amide bonds. The van der Waals surface area contributed by atoms with Crippen LogP contribution in [0, 0.1) is 5.41 Å². The van der Waals surface area contributed by atoms with Gasteiger partial charge in [0, 0.05) is 29.1 Å². The predicted molar refractivity (Wildman–Crippen MR) is 134 cm³/mol. The lowest BCUT2D eigenvalue weighted by Gasteiger charge is -2.24. The highest BCUT2D eigenvalue weighted by Crippen LogP contribution is 2.39. The topological polar surface area (TPSA) is 83.9 Å². The van der Waals surface area contributed by atoms with Crippen molar-refractivity contribution >= 4 is 0 Å². The molecule has 3 heterocycles. The number of aromatic amines is 1. The zero-order valence-electron chi connectivity index (χ0n) is 20.3. The Hall–Kier alpha value is -4.14. The van der Waals surface area contributed by atoms with Crippen molar-refractivity contribution in [1.29, 1.82) is 0 Å². The molecule has 37 heavy (non-hydrogen) atoms. The minimum absolute atomic E-state index is 0.0663. The second-order valence-electron chi connectivity index (χ2n) is 9.62.